The molecule has 0 saturated heterocycles. The summed E-state index contributed by atoms with van der Waals surface area (Å²) in [5.74, 6) is 0.0546. The number of aromatic hydroxyl groups is 1. The Balaban J connectivity index is 2.57. The van der Waals surface area contributed by atoms with Gasteiger partial charge in [0.15, 0.2) is 11.5 Å². The maximum Gasteiger partial charge on any atom is 0.345 e. The lowest BCUT2D eigenvalue weighted by molar-refractivity contribution is 0.340. The molecule has 2 aromatic rings. The molecule has 0 amide bonds. The first kappa shape index (κ1) is 17.1. The van der Waals surface area contributed by atoms with Gasteiger partial charge in [0.25, 0.3) is 0 Å². The van der Waals surface area contributed by atoms with Crippen molar-refractivity contribution in [1.29, 1.82) is 0 Å². The summed E-state index contributed by atoms with van der Waals surface area (Å²) in [6, 6.07) is 6.23. The zero-order chi connectivity index (χ0) is 17.0. The minimum atomic E-state index is -4.36. The van der Waals surface area contributed by atoms with Crippen molar-refractivity contribution in [3.05, 3.63) is 36.7 Å². The summed E-state index contributed by atoms with van der Waals surface area (Å²) in [5, 5.41) is 9.96. The Hall–Kier alpha value is -2.28. The van der Waals surface area contributed by atoms with Gasteiger partial charge in [-0.1, -0.05) is 0 Å². The third-order valence-electron chi connectivity index (χ3n) is 3.06. The molecule has 8 nitrogen and oxygen atoms in total. The van der Waals surface area contributed by atoms with Crippen LogP contribution in [0.1, 0.15) is 0 Å². The van der Waals surface area contributed by atoms with Crippen molar-refractivity contribution in [3.63, 3.8) is 0 Å². The van der Waals surface area contributed by atoms with Crippen LogP contribution < -0.4 is 14.4 Å². The van der Waals surface area contributed by atoms with Gasteiger partial charge < -0.3 is 29.3 Å². The van der Waals surface area contributed by atoms with Gasteiger partial charge in [-0.3, -0.25) is 9.55 Å². The van der Waals surface area contributed by atoms with Gasteiger partial charge in [-0.2, -0.15) is 0 Å². The van der Waals surface area contributed by atoms with E-state index in [0.717, 1.165) is 0 Å². The van der Waals surface area contributed by atoms with Gasteiger partial charge in [0.05, 0.1) is 26.1 Å². The van der Waals surface area contributed by atoms with Crippen molar-refractivity contribution in [2.24, 2.45) is 0 Å². The highest BCUT2D eigenvalue weighted by Gasteiger charge is 2.23. The Morgan fingerprint density at radius 2 is 1.78 bits per heavy atom. The van der Waals surface area contributed by atoms with Crippen molar-refractivity contribution in [2.45, 2.75) is 0 Å². The number of methoxy groups -OCH3 is 2. The highest BCUT2D eigenvalue weighted by molar-refractivity contribution is 7.51. The fraction of sp³-hybridized carbons (Fsp3) is 0.214. The molecule has 23 heavy (non-hydrogen) atoms. The number of hydrogen-bond donors (Lipinski definition) is 3. The number of phenolic OH excluding ortho intramolecular Hbond substituents is 1. The van der Waals surface area contributed by atoms with Crippen molar-refractivity contribution in [3.8, 4) is 17.2 Å². The molecule has 0 unspecified atom stereocenters. The zero-order valence-electron chi connectivity index (χ0n) is 12.6. The lowest BCUT2D eigenvalue weighted by atomic mass is 10.2. The van der Waals surface area contributed by atoms with E-state index in [0.29, 0.717) is 11.4 Å². The van der Waals surface area contributed by atoms with Crippen molar-refractivity contribution in [2.75, 3.05) is 25.4 Å². The number of ether oxygens (including phenoxy) is 2. The van der Waals surface area contributed by atoms with Crippen LogP contribution in [0, 0.1) is 0 Å². The van der Waals surface area contributed by atoms with Crippen LogP contribution in [0.25, 0.3) is 0 Å². The largest absolute Gasteiger partial charge is 0.502 e. The van der Waals surface area contributed by atoms with Crippen molar-refractivity contribution in [1.82, 2.24) is 4.98 Å². The summed E-state index contributed by atoms with van der Waals surface area (Å²) in [6.45, 7) is 0. The van der Waals surface area contributed by atoms with E-state index in [9.17, 15) is 19.5 Å². The fourth-order valence-corrected chi connectivity index (χ4v) is 2.74. The smallest absolute Gasteiger partial charge is 0.345 e. The normalized spacial score (nSPS) is 11.1. The lowest BCUT2D eigenvalue weighted by Gasteiger charge is -2.26. The number of nitrogens with zero attached hydrogens (tertiary/aromatic N) is 2. The molecule has 124 valence electrons. The van der Waals surface area contributed by atoms with E-state index in [2.05, 4.69) is 4.98 Å². The topological polar surface area (TPSA) is 112 Å². The molecule has 0 fully saturated rings. The number of pyridine rings is 1. The van der Waals surface area contributed by atoms with Crippen LogP contribution in [0.2, 0.25) is 0 Å². The summed E-state index contributed by atoms with van der Waals surface area (Å²) < 4.78 is 21.6. The van der Waals surface area contributed by atoms with E-state index in [1.807, 2.05) is 0 Å². The Labute approximate surface area is 133 Å². The zero-order valence-corrected chi connectivity index (χ0v) is 13.5. The summed E-state index contributed by atoms with van der Waals surface area (Å²) in [4.78, 5) is 24.0. The first-order chi connectivity index (χ1) is 10.9. The summed E-state index contributed by atoms with van der Waals surface area (Å²) in [6.07, 6.45) is 2.47. The van der Waals surface area contributed by atoms with Gasteiger partial charge in [-0.25, -0.2) is 0 Å². The Kier molecular flexibility index (Phi) is 5.10. The molecular formula is C14H17N2O6P. The maximum absolute atomic E-state index is 11.5. The van der Waals surface area contributed by atoms with Crippen molar-refractivity contribution < 1.29 is 28.9 Å². The number of phenols is 1. The second kappa shape index (κ2) is 6.87. The Morgan fingerprint density at radius 3 is 2.22 bits per heavy atom. The van der Waals surface area contributed by atoms with E-state index < -0.39 is 13.9 Å². The summed E-state index contributed by atoms with van der Waals surface area (Å²) in [5.41, 5.74) is 0.860. The highest BCUT2D eigenvalue weighted by atomic mass is 31.2. The maximum atomic E-state index is 11.5. The van der Waals surface area contributed by atoms with Crippen LogP contribution in [0.3, 0.4) is 0 Å². The molecule has 0 radical (unpaired) electrons. The molecular weight excluding hydrogens is 323 g/mol. The molecule has 0 bridgehead atoms. The predicted octanol–water partition coefficient (Wildman–Crippen LogP) is 2.08. The highest BCUT2D eigenvalue weighted by Crippen LogP contribution is 2.45. The number of aromatic nitrogens is 1. The Morgan fingerprint density at radius 1 is 1.17 bits per heavy atom. The first-order valence-electron chi connectivity index (χ1n) is 6.53. The third kappa shape index (κ3) is 4.13. The quantitative estimate of drug-likeness (QED) is 0.685. The van der Waals surface area contributed by atoms with Crippen LogP contribution in [0.4, 0.5) is 11.4 Å². The number of benzene rings is 1. The van der Waals surface area contributed by atoms with Gasteiger partial charge in [-0.15, -0.1) is 0 Å². The third-order valence-corrected chi connectivity index (χ3v) is 3.71. The van der Waals surface area contributed by atoms with Gasteiger partial charge in [-0.05, 0) is 12.1 Å². The minimum Gasteiger partial charge on any atom is -0.502 e. The monoisotopic (exact) mass is 340 g/mol. The summed E-state index contributed by atoms with van der Waals surface area (Å²) >= 11 is 0. The molecule has 1 aromatic heterocycles. The average Bonchev–Trinajstić information content (AvgIpc) is 2.53. The number of hydrogen-bond acceptors (Lipinski definition) is 6. The van der Waals surface area contributed by atoms with Crippen LogP contribution in [0.5, 0.6) is 17.2 Å². The second-order valence-corrected chi connectivity index (χ2v) is 6.26. The molecule has 0 aliphatic rings. The molecule has 0 aliphatic heterocycles. The summed E-state index contributed by atoms with van der Waals surface area (Å²) in [7, 11) is -1.62. The molecule has 0 aliphatic carbocycles. The molecule has 0 saturated carbocycles. The van der Waals surface area contributed by atoms with Crippen LogP contribution in [-0.4, -0.2) is 40.4 Å². The number of rotatable bonds is 6. The van der Waals surface area contributed by atoms with E-state index in [4.69, 9.17) is 9.47 Å². The SMILES string of the molecule is COc1cc(N(CP(=O)(O)O)c2cccnc2)cc(OC)c1O. The number of anilines is 2. The molecule has 0 atom stereocenters. The lowest BCUT2D eigenvalue weighted by Crippen LogP contribution is -2.19. The molecule has 9 heteroatoms. The van der Waals surface area contributed by atoms with E-state index >= 15 is 0 Å². The Bertz CT molecular complexity index is 693. The van der Waals surface area contributed by atoms with E-state index in [-0.39, 0.29) is 17.2 Å². The molecule has 1 heterocycles. The molecule has 3 N–H and O–H groups in total. The van der Waals surface area contributed by atoms with E-state index in [1.54, 1.807) is 18.3 Å². The van der Waals surface area contributed by atoms with Gasteiger partial charge in [0, 0.05) is 24.0 Å². The van der Waals surface area contributed by atoms with Crippen LogP contribution in [-0.2, 0) is 4.57 Å². The molecule has 2 rings (SSSR count). The van der Waals surface area contributed by atoms with Gasteiger partial charge in [0.2, 0.25) is 5.75 Å². The minimum absolute atomic E-state index is 0.124. The van der Waals surface area contributed by atoms with Crippen LogP contribution >= 0.6 is 7.60 Å². The average molecular weight is 340 g/mol. The molecule has 1 aromatic carbocycles. The van der Waals surface area contributed by atoms with Gasteiger partial charge in [0.1, 0.15) is 6.29 Å². The first-order valence-corrected chi connectivity index (χ1v) is 8.32. The van der Waals surface area contributed by atoms with Gasteiger partial charge >= 0.3 is 7.60 Å². The predicted molar refractivity (Wildman–Crippen MR) is 84.5 cm³/mol. The van der Waals surface area contributed by atoms with Crippen LogP contribution in [0.15, 0.2) is 36.7 Å². The standard InChI is InChI=1S/C14H17N2O6P/c1-21-12-6-11(7-13(22-2)14(12)17)16(9-23(18,19)20)10-4-3-5-15-8-10/h3-8,17H,9H2,1-2H3,(H2,18,19,20). The van der Waals surface area contributed by atoms with E-state index in [1.165, 1.54) is 37.4 Å². The fourth-order valence-electron chi connectivity index (χ4n) is 2.05. The molecule has 0 spiro atoms. The second-order valence-electron chi connectivity index (χ2n) is 4.64. The van der Waals surface area contributed by atoms with Crippen molar-refractivity contribution >= 4 is 19.0 Å².